The number of phenols is 2. The van der Waals surface area contributed by atoms with E-state index >= 15 is 0 Å². The van der Waals surface area contributed by atoms with Gasteiger partial charge in [-0.2, -0.15) is 0 Å². The maximum atomic E-state index is 14.0. The van der Waals surface area contributed by atoms with Gasteiger partial charge in [0.1, 0.15) is 34.5 Å². The Kier molecular flexibility index (Phi) is 12.6. The van der Waals surface area contributed by atoms with Crippen LogP contribution in [0, 0.1) is 27.7 Å². The van der Waals surface area contributed by atoms with Crippen LogP contribution >= 0.6 is 15.6 Å². The highest BCUT2D eigenvalue weighted by molar-refractivity contribution is 7.63. The second-order valence-electron chi connectivity index (χ2n) is 13.3. The number of hydrogen-bond acceptors (Lipinski definition) is 9. The second kappa shape index (κ2) is 17.1. The largest absolute Gasteiger partial charge is 0.598 e. The molecule has 0 aromatic heterocycles. The Bertz CT molecular complexity index is 1940. The van der Waals surface area contributed by atoms with E-state index in [9.17, 15) is 19.3 Å². The Morgan fingerprint density at radius 3 is 0.833 bits per heavy atom. The van der Waals surface area contributed by atoms with Gasteiger partial charge < -0.3 is 28.3 Å². The maximum absolute atomic E-state index is 14.0. The Balaban J connectivity index is 0.000000274. The van der Waals surface area contributed by atoms with Gasteiger partial charge >= 0.3 is 15.6 Å². The minimum Gasteiger partial charge on any atom is -0.508 e. The van der Waals surface area contributed by atoms with E-state index in [1.165, 1.54) is 0 Å². The topological polar surface area (TPSA) is 121 Å². The summed E-state index contributed by atoms with van der Waals surface area (Å²) in [6, 6.07) is 41.5. The summed E-state index contributed by atoms with van der Waals surface area (Å²) in [6.07, 6.45) is 0. The van der Waals surface area contributed by atoms with Gasteiger partial charge in [-0.1, -0.05) is 109 Å². The maximum Gasteiger partial charge on any atom is 0.598 e. The lowest BCUT2D eigenvalue weighted by Crippen LogP contribution is -2.18. The third-order valence-electron chi connectivity index (χ3n) is 8.33. The van der Waals surface area contributed by atoms with Crippen LogP contribution in [0.3, 0.4) is 0 Å². The van der Waals surface area contributed by atoms with Crippen molar-refractivity contribution < 1.29 is 41.7 Å². The Morgan fingerprint density at radius 2 is 0.611 bits per heavy atom. The summed E-state index contributed by atoms with van der Waals surface area (Å²) < 4.78 is 56.4. The van der Waals surface area contributed by atoms with E-state index in [0.29, 0.717) is 0 Å². The minimum absolute atomic E-state index is 0.151. The van der Waals surface area contributed by atoms with Gasteiger partial charge in [0, 0.05) is 5.41 Å². The van der Waals surface area contributed by atoms with Crippen molar-refractivity contribution in [3.63, 3.8) is 0 Å². The monoisotopic (exact) mass is 766 g/mol. The molecule has 0 saturated heterocycles. The van der Waals surface area contributed by atoms with Gasteiger partial charge in [-0.3, -0.25) is 0 Å². The highest BCUT2D eigenvalue weighted by Crippen LogP contribution is 2.64. The first-order valence-electron chi connectivity index (χ1n) is 17.2. The molecule has 2 N–H and O–H groups in total. The molecular formula is C43H44O9P2. The van der Waals surface area contributed by atoms with Crippen LogP contribution in [0.2, 0.25) is 0 Å². The molecule has 0 unspecified atom stereocenters. The van der Waals surface area contributed by atoms with Crippen molar-refractivity contribution in [3.05, 3.63) is 179 Å². The zero-order valence-corrected chi connectivity index (χ0v) is 32.8. The number of rotatable bonds is 12. The van der Waals surface area contributed by atoms with E-state index in [4.69, 9.17) is 22.4 Å². The van der Waals surface area contributed by atoms with Crippen molar-refractivity contribution in [3.8, 4) is 34.5 Å². The van der Waals surface area contributed by atoms with Gasteiger partial charge in [0.25, 0.3) is 0 Å². The SMILES string of the molecule is CC(C)(c1ccc(O)cc1)c1ccc(O)cc1.Cc1ccc(OP(=O)(Oc2ccc(C)cc2)OP(=O)(Oc2ccc(C)cc2)Oc2ccc(C)cc2)cc1. The van der Waals surface area contributed by atoms with E-state index in [-0.39, 0.29) is 39.9 Å². The number of phosphoric acid groups is 2. The van der Waals surface area contributed by atoms with Gasteiger partial charge in [0.15, 0.2) is 0 Å². The van der Waals surface area contributed by atoms with Gasteiger partial charge in [-0.25, -0.2) is 9.13 Å². The number of benzene rings is 6. The fourth-order valence-corrected chi connectivity index (χ4v) is 8.17. The molecule has 11 heteroatoms. The van der Waals surface area contributed by atoms with Crippen LogP contribution in [-0.2, 0) is 18.9 Å². The van der Waals surface area contributed by atoms with Crippen LogP contribution in [0.15, 0.2) is 146 Å². The molecule has 0 aliphatic heterocycles. The van der Waals surface area contributed by atoms with Crippen molar-refractivity contribution >= 4 is 15.6 Å². The quantitative estimate of drug-likeness (QED) is 0.117. The van der Waals surface area contributed by atoms with E-state index in [1.807, 2.05) is 52.0 Å². The fourth-order valence-electron chi connectivity index (χ4n) is 5.06. The lowest BCUT2D eigenvalue weighted by molar-refractivity contribution is 0.243. The molecule has 0 spiro atoms. The van der Waals surface area contributed by atoms with Crippen LogP contribution in [0.25, 0.3) is 0 Å². The van der Waals surface area contributed by atoms with Crippen molar-refractivity contribution in [2.75, 3.05) is 0 Å². The predicted molar refractivity (Wildman–Crippen MR) is 212 cm³/mol. The van der Waals surface area contributed by atoms with Gasteiger partial charge in [-0.05, 0) is 112 Å². The van der Waals surface area contributed by atoms with Gasteiger partial charge in [0.2, 0.25) is 0 Å². The van der Waals surface area contributed by atoms with Crippen molar-refractivity contribution in [1.29, 1.82) is 0 Å². The molecule has 6 aromatic rings. The van der Waals surface area contributed by atoms with Crippen LogP contribution in [0.1, 0.15) is 47.2 Å². The van der Waals surface area contributed by atoms with Crippen molar-refractivity contribution in [1.82, 2.24) is 0 Å². The van der Waals surface area contributed by atoms with E-state index in [1.54, 1.807) is 121 Å². The van der Waals surface area contributed by atoms with Crippen molar-refractivity contribution in [2.45, 2.75) is 47.0 Å². The Hall–Kier alpha value is -5.46. The summed E-state index contributed by atoms with van der Waals surface area (Å²) in [6.45, 7) is 11.9. The third-order valence-corrected chi connectivity index (χ3v) is 11.7. The number of aromatic hydroxyl groups is 2. The summed E-state index contributed by atoms with van der Waals surface area (Å²) >= 11 is 0. The number of phenolic OH excluding ortho intramolecular Hbond substituents is 2. The van der Waals surface area contributed by atoms with Gasteiger partial charge in [-0.15, -0.1) is 4.31 Å². The Morgan fingerprint density at radius 1 is 0.389 bits per heavy atom. The summed E-state index contributed by atoms with van der Waals surface area (Å²) in [7, 11) is -9.24. The summed E-state index contributed by atoms with van der Waals surface area (Å²) in [4.78, 5) is 0. The average molecular weight is 767 g/mol. The third kappa shape index (κ3) is 11.3. The second-order valence-corrected chi connectivity index (χ2v) is 16.5. The number of phosphoric ester groups is 2. The highest BCUT2D eigenvalue weighted by atomic mass is 31.3. The van der Waals surface area contributed by atoms with Gasteiger partial charge in [0.05, 0.1) is 0 Å². The Labute approximate surface area is 317 Å². The van der Waals surface area contributed by atoms with Crippen LogP contribution < -0.4 is 18.1 Å². The van der Waals surface area contributed by atoms with Crippen LogP contribution in [0.5, 0.6) is 34.5 Å². The molecule has 0 saturated carbocycles. The molecular weight excluding hydrogens is 722 g/mol. The van der Waals surface area contributed by atoms with Crippen LogP contribution in [-0.4, -0.2) is 10.2 Å². The summed E-state index contributed by atoms with van der Waals surface area (Å²) in [5.74, 6) is 1.32. The molecule has 9 nitrogen and oxygen atoms in total. The molecule has 0 radical (unpaired) electrons. The molecule has 0 aliphatic carbocycles. The predicted octanol–water partition coefficient (Wildman–Crippen LogP) is 12.2. The first kappa shape index (κ1) is 39.7. The number of aryl methyl sites for hydroxylation is 4. The molecule has 0 aliphatic rings. The standard InChI is InChI=1S/C28H28O7P2.C15H16O2/c1-21-5-13-25(14-6-21)31-36(29,32-26-15-7-22(2)8-16-26)35-37(30,33-27-17-9-23(3)10-18-27)34-28-19-11-24(4)12-20-28;1-15(2,11-3-7-13(16)8-4-11)12-5-9-14(17)10-6-12/h5-20H,1-4H3;3-10,16-17H,1-2H3. The molecule has 0 amide bonds. The normalized spacial score (nSPS) is 11.5. The highest BCUT2D eigenvalue weighted by Gasteiger charge is 2.46. The molecule has 0 bridgehead atoms. The summed E-state index contributed by atoms with van der Waals surface area (Å²) in [5.41, 5.74) is 5.98. The molecule has 54 heavy (non-hydrogen) atoms. The average Bonchev–Trinajstić information content (AvgIpc) is 3.13. The van der Waals surface area contributed by atoms with Crippen LogP contribution in [0.4, 0.5) is 0 Å². The smallest absolute Gasteiger partial charge is 0.508 e. The first-order chi connectivity index (χ1) is 25.6. The zero-order chi connectivity index (χ0) is 38.9. The minimum atomic E-state index is -4.62. The van der Waals surface area contributed by atoms with Crippen molar-refractivity contribution in [2.24, 2.45) is 0 Å². The molecule has 0 atom stereocenters. The summed E-state index contributed by atoms with van der Waals surface area (Å²) in [5, 5.41) is 18.6. The lowest BCUT2D eigenvalue weighted by Gasteiger charge is -2.26. The molecule has 0 fully saturated rings. The number of hydrogen-bond donors (Lipinski definition) is 2. The van der Waals surface area contributed by atoms with E-state index in [2.05, 4.69) is 13.8 Å². The fraction of sp³-hybridized carbons (Fsp3) is 0.163. The lowest BCUT2D eigenvalue weighted by atomic mass is 9.78. The molecule has 280 valence electrons. The van der Waals surface area contributed by atoms with E-state index in [0.717, 1.165) is 33.4 Å². The van der Waals surface area contributed by atoms with E-state index < -0.39 is 15.6 Å². The molecule has 6 aromatic carbocycles. The molecule has 6 rings (SSSR count). The zero-order valence-electron chi connectivity index (χ0n) is 31.0. The molecule has 0 heterocycles. The first-order valence-corrected chi connectivity index (χ1v) is 20.1.